The molecule has 1 spiro atoms. The number of benzene rings is 8. The summed E-state index contributed by atoms with van der Waals surface area (Å²) in [4.78, 5) is 0. The zero-order chi connectivity index (χ0) is 73.5. The second-order valence-electron chi connectivity index (χ2n) is 33.6. The van der Waals surface area contributed by atoms with Gasteiger partial charge in [0.25, 0.3) is 0 Å². The first-order valence-electron chi connectivity index (χ1n) is 42.9. The fraction of sp³-hybridized carbons (Fsp3) is 0.565. The van der Waals surface area contributed by atoms with E-state index in [1.807, 2.05) is 0 Å². The summed E-state index contributed by atoms with van der Waals surface area (Å²) in [5.41, 5.74) is 13.1. The molecule has 0 N–H and O–H groups in total. The van der Waals surface area contributed by atoms with Crippen molar-refractivity contribution < 1.29 is 4.48 Å². The van der Waals surface area contributed by atoms with Crippen molar-refractivity contribution in [2.45, 2.75) is 337 Å². The van der Waals surface area contributed by atoms with Gasteiger partial charge in [-0.3, -0.25) is 0 Å². The predicted molar refractivity (Wildman–Crippen MR) is 484 cm³/mol. The highest BCUT2D eigenvalue weighted by molar-refractivity contribution is 6.97. The van der Waals surface area contributed by atoms with Crippen molar-refractivity contribution in [1.29, 1.82) is 0 Å². The monoisotopic (exact) mass is 1490 g/mol. The van der Waals surface area contributed by atoms with Crippen molar-refractivity contribution in [2.24, 2.45) is 0 Å². The zero-order valence-electron chi connectivity index (χ0n) is 69.5. The van der Waals surface area contributed by atoms with Crippen molar-refractivity contribution in [2.75, 3.05) is 0 Å². The van der Waals surface area contributed by atoms with E-state index in [0.29, 0.717) is 0 Å². The number of nitrogens with zero attached hydrogens (tertiary/aromatic N) is 1. The van der Waals surface area contributed by atoms with Gasteiger partial charge in [0.15, 0.2) is 0 Å². The van der Waals surface area contributed by atoms with E-state index in [4.69, 9.17) is 0 Å². The Hall–Kier alpha value is -3.50. The van der Waals surface area contributed by atoms with Crippen LogP contribution in [0.5, 0.6) is 0 Å². The minimum absolute atomic E-state index is 1.03. The minimum atomic E-state index is -2.03. The summed E-state index contributed by atoms with van der Waals surface area (Å²) >= 11 is 0. The van der Waals surface area contributed by atoms with E-state index in [2.05, 4.69) is 263 Å². The molecule has 0 bridgehead atoms. The van der Waals surface area contributed by atoms with E-state index in [1.54, 1.807) is 129 Å². The van der Waals surface area contributed by atoms with Gasteiger partial charge in [-0.05, 0) is 65.3 Å². The van der Waals surface area contributed by atoms with Crippen LogP contribution in [0.3, 0.4) is 0 Å². The molecule has 0 atom stereocenters. The molecule has 2 heterocycles. The van der Waals surface area contributed by atoms with Crippen LogP contribution in [0.25, 0.3) is 65.3 Å². The highest BCUT2D eigenvalue weighted by Crippen LogP contribution is 2.51. The molecule has 1 nitrogen and oxygen atoms in total. The maximum absolute atomic E-state index is 3.03. The first-order chi connectivity index (χ1) is 48.6. The number of quaternary nitrogens is 1. The zero-order valence-corrected chi connectivity index (χ0v) is 77.5. The van der Waals surface area contributed by atoms with Crippen LogP contribution in [-0.4, -0.2) is 69.1 Å². The maximum Gasteiger partial charge on any atom is 0.106 e. The van der Waals surface area contributed by atoms with Crippen LogP contribution in [0.15, 0.2) is 97.1 Å². The first kappa shape index (κ1) is 80.0. The molecule has 10 rings (SSSR count). The normalized spacial score (nSPS) is 14.8. The number of hydrogen-bond donors (Lipinski definition) is 0. The smallest absolute Gasteiger partial charge is 0.106 e. The lowest BCUT2D eigenvalue weighted by Crippen LogP contribution is -2.50. The molecule has 0 aromatic heterocycles. The molecular formula is C92H144NSi8+. The maximum atomic E-state index is 3.03. The van der Waals surface area contributed by atoms with Gasteiger partial charge in [0, 0.05) is 22.3 Å². The lowest BCUT2D eigenvalue weighted by atomic mass is 9.88. The molecule has 0 unspecified atom stereocenters. The number of rotatable bonds is 32. The van der Waals surface area contributed by atoms with Gasteiger partial charge >= 0.3 is 0 Å². The average molecular weight is 1490 g/mol. The molecule has 548 valence electrons. The fourth-order valence-electron chi connectivity index (χ4n) is 23.2. The molecule has 0 amide bonds. The van der Waals surface area contributed by atoms with Crippen LogP contribution in [0.1, 0.15) is 188 Å². The fourth-order valence-corrected chi connectivity index (χ4v) is 53.3. The Morgan fingerprint density at radius 2 is 0.337 bits per heavy atom. The summed E-state index contributed by atoms with van der Waals surface area (Å²) in [7, 11) is -15.2. The van der Waals surface area contributed by atoms with Crippen LogP contribution in [0.2, 0.25) is 145 Å². The van der Waals surface area contributed by atoms with E-state index >= 15 is 0 Å². The van der Waals surface area contributed by atoms with Crippen molar-refractivity contribution in [3.8, 4) is 22.3 Å². The summed E-state index contributed by atoms with van der Waals surface area (Å²) in [6.07, 6.45) is 0. The third-order valence-electron chi connectivity index (χ3n) is 32.4. The van der Waals surface area contributed by atoms with E-state index in [1.165, 1.54) is 145 Å². The van der Waals surface area contributed by atoms with Gasteiger partial charge in [0.2, 0.25) is 0 Å². The van der Waals surface area contributed by atoms with Crippen LogP contribution >= 0.6 is 0 Å². The van der Waals surface area contributed by atoms with E-state index in [0.717, 1.165) is 30.7 Å². The molecule has 0 fully saturated rings. The summed E-state index contributed by atoms with van der Waals surface area (Å²) < 4.78 is 1.03. The lowest BCUT2D eigenvalue weighted by Gasteiger charge is -2.40. The Kier molecular flexibility index (Phi) is 25.2. The topological polar surface area (TPSA) is 0 Å². The standard InChI is InChI=1S/C92H144NSi8/c1-25-94(26-2,27-3)73-49-53-77-81(61-73)85(98(37-13,38-14)39-15)57-69-65-93(66-70-58-86(99(40-16,41-17)42-18)82-62-74(95(28-4,29-5)30-6)50-54-78(82)90(70)89(69)77)67-71-59-87(100(43-19,44-20)45-21)83-63-75(96(31-7,32-8)33-9)51-55-79(83)91(71)92-72(68-93)60-88(101(46-22,47-23)48-24)84-64-76(52-56-80(84)92)97(34-10,35-11)36-12/h49-64H,25-48,65-68H2,1-24H3/q+1. The van der Waals surface area contributed by atoms with E-state index < -0.39 is 64.6 Å². The number of fused-ring (bicyclic) bond motifs is 14. The third kappa shape index (κ3) is 12.7. The molecule has 0 saturated heterocycles. The molecule has 0 saturated carbocycles. The first-order valence-corrected chi connectivity index (χ1v) is 63.9. The van der Waals surface area contributed by atoms with Gasteiger partial charge in [0.05, 0.1) is 64.6 Å². The Morgan fingerprint density at radius 3 is 0.475 bits per heavy atom. The average Bonchev–Trinajstić information content (AvgIpc) is 1.66. The molecule has 2 aliphatic rings. The van der Waals surface area contributed by atoms with Crippen LogP contribution in [-0.2, 0) is 26.2 Å². The highest BCUT2D eigenvalue weighted by Gasteiger charge is 2.47. The molecule has 8 aromatic rings. The molecule has 0 radical (unpaired) electrons. The number of hydrogen-bond acceptors (Lipinski definition) is 0. The Bertz CT molecular complexity index is 3640. The van der Waals surface area contributed by atoms with Gasteiger partial charge in [-0.25, -0.2) is 0 Å². The summed E-state index contributed by atoms with van der Waals surface area (Å²) in [6, 6.07) is 77.1. The van der Waals surface area contributed by atoms with Crippen LogP contribution in [0, 0.1) is 0 Å². The van der Waals surface area contributed by atoms with Crippen LogP contribution in [0.4, 0.5) is 0 Å². The molecule has 9 heteroatoms. The quantitative estimate of drug-likeness (QED) is 0.0291. The Labute approximate surface area is 627 Å². The second kappa shape index (κ2) is 31.7. The van der Waals surface area contributed by atoms with E-state index in [9.17, 15) is 0 Å². The van der Waals surface area contributed by atoms with E-state index in [-0.39, 0.29) is 0 Å². The minimum Gasteiger partial charge on any atom is -0.309 e. The van der Waals surface area contributed by atoms with Crippen molar-refractivity contribution >= 4 is 149 Å². The lowest BCUT2D eigenvalue weighted by molar-refractivity contribution is -0.977. The highest BCUT2D eigenvalue weighted by atomic mass is 28.3. The summed E-state index contributed by atoms with van der Waals surface area (Å²) in [5, 5.41) is 27.0. The van der Waals surface area contributed by atoms with Gasteiger partial charge < -0.3 is 4.48 Å². The summed E-state index contributed by atoms with van der Waals surface area (Å²) in [6.45, 7) is 66.0. The molecule has 8 aromatic carbocycles. The van der Waals surface area contributed by atoms with Crippen molar-refractivity contribution in [3.63, 3.8) is 0 Å². The Morgan fingerprint density at radius 1 is 0.188 bits per heavy atom. The SMILES string of the molecule is CC[Si](CC)(CC)c1ccc2c3c(cc([Si](CC)(CC)CC)c2c1)C[N+]1(Cc2cc([Si](CC)(CC)CC)c4cc([Si](CC)(CC)CC)ccc4c2-3)Cc2cc([Si](CC)(CC)CC)c3cc([Si](CC)(CC)CC)ccc3c2-c2c(cc([Si](CC)(CC)CC)c3cc([Si](CC)(CC)CC)ccc23)C1. The van der Waals surface area contributed by atoms with Crippen LogP contribution < -0.4 is 41.5 Å². The summed E-state index contributed by atoms with van der Waals surface area (Å²) in [5.74, 6) is 0. The molecular weight excluding hydrogens is 1340 g/mol. The van der Waals surface area contributed by atoms with Gasteiger partial charge in [-0.15, -0.1) is 0 Å². The van der Waals surface area contributed by atoms with Gasteiger partial charge in [-0.2, -0.15) is 0 Å². The predicted octanol–water partition coefficient (Wildman–Crippen LogP) is 24.9. The van der Waals surface area contributed by atoms with Gasteiger partial charge in [-0.1, -0.05) is 450 Å². The molecule has 2 aliphatic heterocycles. The largest absolute Gasteiger partial charge is 0.309 e. The molecule has 101 heavy (non-hydrogen) atoms. The second-order valence-corrected chi connectivity index (χ2v) is 75.5. The van der Waals surface area contributed by atoms with Crippen molar-refractivity contribution in [1.82, 2.24) is 0 Å². The van der Waals surface area contributed by atoms with Gasteiger partial charge in [0.1, 0.15) is 26.2 Å². The third-order valence-corrected chi connectivity index (χ3v) is 77.2. The molecule has 0 aliphatic carbocycles. The Balaban J connectivity index is 1.50. The van der Waals surface area contributed by atoms with Crippen molar-refractivity contribution in [3.05, 3.63) is 119 Å².